The van der Waals surface area contributed by atoms with Gasteiger partial charge in [0.05, 0.1) is 12.5 Å². The van der Waals surface area contributed by atoms with Crippen LogP contribution in [0.2, 0.25) is 0 Å². The van der Waals surface area contributed by atoms with Gasteiger partial charge in [-0.3, -0.25) is 4.79 Å². The van der Waals surface area contributed by atoms with E-state index in [1.165, 1.54) is 11.3 Å². The van der Waals surface area contributed by atoms with Crippen molar-refractivity contribution in [1.82, 2.24) is 0 Å². The summed E-state index contributed by atoms with van der Waals surface area (Å²) in [6.45, 7) is 1.86. The summed E-state index contributed by atoms with van der Waals surface area (Å²) >= 11 is 1.26. The number of carbonyl (C=O) groups excluding carboxylic acids is 1. The number of carboxylic acid groups (broad SMARTS) is 1. The Morgan fingerprint density at radius 1 is 0.966 bits per heavy atom. The summed E-state index contributed by atoms with van der Waals surface area (Å²) in [4.78, 5) is 25.7. The molecule has 0 saturated carbocycles. The van der Waals surface area contributed by atoms with E-state index in [-0.39, 0.29) is 11.5 Å². The first-order chi connectivity index (χ1) is 14.0. The molecule has 29 heavy (non-hydrogen) atoms. The van der Waals surface area contributed by atoms with Crippen molar-refractivity contribution in [3.63, 3.8) is 0 Å². The molecule has 0 radical (unpaired) electrons. The van der Waals surface area contributed by atoms with Crippen molar-refractivity contribution < 1.29 is 19.1 Å². The van der Waals surface area contributed by atoms with Crippen LogP contribution in [-0.4, -0.2) is 17.0 Å². The Morgan fingerprint density at radius 3 is 2.41 bits per heavy atom. The predicted octanol–water partition coefficient (Wildman–Crippen LogP) is 5.93. The third-order valence-corrected chi connectivity index (χ3v) is 5.59. The third kappa shape index (κ3) is 3.70. The fraction of sp³-hybridized carbons (Fsp3) is 0.0435. The van der Waals surface area contributed by atoms with Crippen LogP contribution in [0.1, 0.15) is 25.6 Å². The van der Waals surface area contributed by atoms with Crippen molar-refractivity contribution in [3.05, 3.63) is 89.2 Å². The summed E-state index contributed by atoms with van der Waals surface area (Å²) in [6.07, 6.45) is 3.18. The van der Waals surface area contributed by atoms with Gasteiger partial charge >= 0.3 is 5.97 Å². The van der Waals surface area contributed by atoms with Gasteiger partial charge in [-0.2, -0.15) is 0 Å². The minimum Gasteiger partial charge on any atom is -0.478 e. The van der Waals surface area contributed by atoms with Gasteiger partial charge in [-0.1, -0.05) is 42.5 Å². The molecule has 2 N–H and O–H groups in total. The van der Waals surface area contributed by atoms with Crippen LogP contribution in [-0.2, 0) is 0 Å². The van der Waals surface area contributed by atoms with Crippen LogP contribution in [0.15, 0.2) is 77.6 Å². The first-order valence-electron chi connectivity index (χ1n) is 8.90. The standard InChI is InChI=1S/C23H17NO4S/c1-14-19(15-6-3-2-4-7-15)20(23(26)27)22(29-14)24-21(25)17-9-5-8-16(12-17)18-10-11-28-13-18/h2-13H,1H3,(H,24,25)(H,26,27). The molecule has 0 spiro atoms. The van der Waals surface area contributed by atoms with Crippen molar-refractivity contribution >= 4 is 28.2 Å². The first-order valence-corrected chi connectivity index (χ1v) is 9.72. The Kier molecular flexibility index (Phi) is 5.01. The van der Waals surface area contributed by atoms with Gasteiger partial charge in [0.1, 0.15) is 10.6 Å². The van der Waals surface area contributed by atoms with E-state index in [9.17, 15) is 14.7 Å². The number of hydrogen-bond donors (Lipinski definition) is 2. The maximum absolute atomic E-state index is 12.8. The molecule has 0 unspecified atom stereocenters. The molecule has 6 heteroatoms. The monoisotopic (exact) mass is 403 g/mol. The molecule has 0 aliphatic carbocycles. The Labute approximate surface area is 171 Å². The van der Waals surface area contributed by atoms with E-state index in [4.69, 9.17) is 4.42 Å². The van der Waals surface area contributed by atoms with Crippen LogP contribution < -0.4 is 5.32 Å². The second-order valence-corrected chi connectivity index (χ2v) is 7.68. The lowest BCUT2D eigenvalue weighted by atomic mass is 10.0. The zero-order valence-electron chi connectivity index (χ0n) is 15.5. The number of thiophene rings is 1. The van der Waals surface area contributed by atoms with E-state index in [2.05, 4.69) is 5.32 Å². The van der Waals surface area contributed by atoms with Gasteiger partial charge in [0.2, 0.25) is 0 Å². The van der Waals surface area contributed by atoms with Crippen molar-refractivity contribution in [2.45, 2.75) is 6.92 Å². The Balaban J connectivity index is 1.69. The van der Waals surface area contributed by atoms with Gasteiger partial charge in [0, 0.05) is 21.6 Å². The van der Waals surface area contributed by atoms with Crippen LogP contribution in [0.25, 0.3) is 22.3 Å². The number of amides is 1. The molecule has 0 atom stereocenters. The molecule has 0 aliphatic rings. The van der Waals surface area contributed by atoms with Crippen molar-refractivity contribution in [3.8, 4) is 22.3 Å². The third-order valence-electron chi connectivity index (χ3n) is 4.57. The van der Waals surface area contributed by atoms with Crippen LogP contribution in [0.4, 0.5) is 5.00 Å². The molecule has 4 rings (SSSR count). The minimum absolute atomic E-state index is 0.109. The number of nitrogens with one attached hydrogen (secondary N) is 1. The molecule has 4 aromatic rings. The molecular weight excluding hydrogens is 386 g/mol. The second-order valence-electron chi connectivity index (χ2n) is 6.46. The molecular formula is C23H17NO4S. The van der Waals surface area contributed by atoms with Gasteiger partial charge < -0.3 is 14.8 Å². The zero-order valence-corrected chi connectivity index (χ0v) is 16.3. The average Bonchev–Trinajstić information content (AvgIpc) is 3.37. The number of carbonyl (C=O) groups is 2. The van der Waals surface area contributed by atoms with E-state index >= 15 is 0 Å². The average molecular weight is 403 g/mol. The lowest BCUT2D eigenvalue weighted by Gasteiger charge is -2.07. The smallest absolute Gasteiger partial charge is 0.339 e. The quantitative estimate of drug-likeness (QED) is 0.433. The normalized spacial score (nSPS) is 10.7. The highest BCUT2D eigenvalue weighted by Crippen LogP contribution is 2.40. The number of carboxylic acids is 1. The van der Waals surface area contributed by atoms with Gasteiger partial charge in [0.25, 0.3) is 5.91 Å². The lowest BCUT2D eigenvalue weighted by molar-refractivity contribution is 0.0699. The highest BCUT2D eigenvalue weighted by atomic mass is 32.1. The van der Waals surface area contributed by atoms with Gasteiger partial charge in [0.15, 0.2) is 0 Å². The van der Waals surface area contributed by atoms with Crippen molar-refractivity contribution in [2.24, 2.45) is 0 Å². The number of rotatable bonds is 5. The van der Waals surface area contributed by atoms with Gasteiger partial charge in [-0.15, -0.1) is 11.3 Å². The largest absolute Gasteiger partial charge is 0.478 e. The highest BCUT2D eigenvalue weighted by molar-refractivity contribution is 7.17. The number of furan rings is 1. The van der Waals surface area contributed by atoms with E-state index < -0.39 is 5.97 Å². The van der Waals surface area contributed by atoms with E-state index in [1.807, 2.05) is 49.4 Å². The fourth-order valence-corrected chi connectivity index (χ4v) is 4.30. The Bertz CT molecular complexity index is 1180. The summed E-state index contributed by atoms with van der Waals surface area (Å²) in [6, 6.07) is 18.2. The molecule has 2 heterocycles. The molecule has 2 aromatic heterocycles. The van der Waals surface area contributed by atoms with Crippen LogP contribution in [0.5, 0.6) is 0 Å². The summed E-state index contributed by atoms with van der Waals surface area (Å²) in [5.74, 6) is -1.44. The van der Waals surface area contributed by atoms with Crippen molar-refractivity contribution in [1.29, 1.82) is 0 Å². The summed E-state index contributed by atoms with van der Waals surface area (Å²) < 4.78 is 5.10. The fourth-order valence-electron chi connectivity index (χ4n) is 3.23. The maximum Gasteiger partial charge on any atom is 0.339 e. The van der Waals surface area contributed by atoms with Crippen LogP contribution in [0.3, 0.4) is 0 Å². The van der Waals surface area contributed by atoms with Gasteiger partial charge in [-0.05, 0) is 36.2 Å². The van der Waals surface area contributed by atoms with E-state index in [0.29, 0.717) is 16.1 Å². The predicted molar refractivity (Wildman–Crippen MR) is 114 cm³/mol. The Morgan fingerprint density at radius 2 is 1.72 bits per heavy atom. The van der Waals surface area contributed by atoms with E-state index in [0.717, 1.165) is 21.6 Å². The summed E-state index contributed by atoms with van der Waals surface area (Å²) in [7, 11) is 0. The summed E-state index contributed by atoms with van der Waals surface area (Å²) in [5.41, 5.74) is 3.69. The SMILES string of the molecule is Cc1sc(NC(=O)c2cccc(-c3ccoc3)c2)c(C(=O)O)c1-c1ccccc1. The Hall–Kier alpha value is -3.64. The number of benzene rings is 2. The molecule has 0 fully saturated rings. The van der Waals surface area contributed by atoms with Crippen LogP contribution in [0, 0.1) is 6.92 Å². The molecule has 144 valence electrons. The molecule has 2 aromatic carbocycles. The van der Waals surface area contributed by atoms with Crippen LogP contribution >= 0.6 is 11.3 Å². The van der Waals surface area contributed by atoms with Gasteiger partial charge in [-0.25, -0.2) is 4.79 Å². The first kappa shape index (κ1) is 18.7. The molecule has 0 saturated heterocycles. The highest BCUT2D eigenvalue weighted by Gasteiger charge is 2.24. The molecule has 1 amide bonds. The maximum atomic E-state index is 12.8. The van der Waals surface area contributed by atoms with Crippen molar-refractivity contribution in [2.75, 3.05) is 5.32 Å². The number of aryl methyl sites for hydroxylation is 1. The topological polar surface area (TPSA) is 79.5 Å². The second kappa shape index (κ2) is 7.77. The number of hydrogen-bond acceptors (Lipinski definition) is 4. The number of anilines is 1. The lowest BCUT2D eigenvalue weighted by Crippen LogP contribution is -2.13. The molecule has 0 bridgehead atoms. The zero-order chi connectivity index (χ0) is 20.4. The number of aromatic carboxylic acids is 1. The summed E-state index contributed by atoms with van der Waals surface area (Å²) in [5, 5.41) is 12.9. The van der Waals surface area contributed by atoms with E-state index in [1.54, 1.807) is 30.7 Å². The molecule has 0 aliphatic heterocycles. The minimum atomic E-state index is -1.07. The molecule has 5 nitrogen and oxygen atoms in total.